The van der Waals surface area contributed by atoms with E-state index in [2.05, 4.69) is 42.9 Å². The monoisotopic (exact) mass is 409 g/mol. The summed E-state index contributed by atoms with van der Waals surface area (Å²) >= 11 is 3.46. The number of para-hydroxylation sites is 2. The van der Waals surface area contributed by atoms with Crippen molar-refractivity contribution < 1.29 is 9.21 Å². The third-order valence-corrected chi connectivity index (χ3v) is 4.67. The molecule has 1 amide bonds. The Kier molecular flexibility index (Phi) is 4.58. The third-order valence-electron chi connectivity index (χ3n) is 4.14. The summed E-state index contributed by atoms with van der Waals surface area (Å²) in [5.74, 6) is 0.840. The van der Waals surface area contributed by atoms with E-state index in [4.69, 9.17) is 4.42 Å². The maximum atomic E-state index is 12.2. The van der Waals surface area contributed by atoms with Gasteiger partial charge in [-0.25, -0.2) is 4.98 Å². The number of benzene rings is 2. The molecule has 4 aromatic rings. The number of carbonyl (C=O) groups is 1. The van der Waals surface area contributed by atoms with Gasteiger partial charge in [-0.1, -0.05) is 40.2 Å². The maximum absolute atomic E-state index is 12.2. The molecule has 2 aromatic carbocycles. The fourth-order valence-electron chi connectivity index (χ4n) is 2.86. The molecule has 0 radical (unpaired) electrons. The molecule has 26 heavy (non-hydrogen) atoms. The van der Waals surface area contributed by atoms with Crippen molar-refractivity contribution in [3.05, 3.63) is 88.5 Å². The predicted molar refractivity (Wildman–Crippen MR) is 103 cm³/mol. The molecule has 0 aliphatic carbocycles. The van der Waals surface area contributed by atoms with Crippen LogP contribution in [0.3, 0.4) is 0 Å². The summed E-state index contributed by atoms with van der Waals surface area (Å²) < 4.78 is 8.31. The molecule has 0 aliphatic rings. The quantitative estimate of drug-likeness (QED) is 0.532. The highest BCUT2D eigenvalue weighted by Gasteiger charge is 2.14. The fourth-order valence-corrected chi connectivity index (χ4v) is 3.13. The van der Waals surface area contributed by atoms with E-state index in [1.54, 1.807) is 12.1 Å². The molecule has 0 fully saturated rings. The summed E-state index contributed by atoms with van der Waals surface area (Å²) in [6.45, 7) is 1.00. The van der Waals surface area contributed by atoms with E-state index < -0.39 is 0 Å². The summed E-state index contributed by atoms with van der Waals surface area (Å²) in [4.78, 5) is 16.8. The van der Waals surface area contributed by atoms with Crippen LogP contribution in [0.2, 0.25) is 0 Å². The number of hydrogen-bond donors (Lipinski definition) is 1. The highest BCUT2D eigenvalue weighted by atomic mass is 79.9. The van der Waals surface area contributed by atoms with Crippen LogP contribution in [0.4, 0.5) is 0 Å². The fraction of sp³-hybridized carbons (Fsp3) is 0.100. The lowest BCUT2D eigenvalue weighted by Crippen LogP contribution is -2.24. The molecule has 0 saturated carbocycles. The highest BCUT2D eigenvalue weighted by Crippen LogP contribution is 2.19. The van der Waals surface area contributed by atoms with Crippen LogP contribution in [0.1, 0.15) is 21.9 Å². The van der Waals surface area contributed by atoms with Crippen molar-refractivity contribution in [1.82, 2.24) is 14.9 Å². The van der Waals surface area contributed by atoms with Crippen molar-refractivity contribution in [3.63, 3.8) is 0 Å². The lowest BCUT2D eigenvalue weighted by molar-refractivity contribution is 0.0922. The lowest BCUT2D eigenvalue weighted by Gasteiger charge is -2.10. The minimum atomic E-state index is -0.253. The molecule has 0 atom stereocenters. The number of nitrogens with one attached hydrogen (secondary N) is 1. The third kappa shape index (κ3) is 3.41. The topological polar surface area (TPSA) is 60.1 Å². The van der Waals surface area contributed by atoms with Crippen LogP contribution in [-0.2, 0) is 13.1 Å². The van der Waals surface area contributed by atoms with Crippen molar-refractivity contribution >= 4 is 32.9 Å². The highest BCUT2D eigenvalue weighted by molar-refractivity contribution is 9.10. The number of carbonyl (C=O) groups excluding carboxylic acids is 1. The first-order chi connectivity index (χ1) is 12.7. The van der Waals surface area contributed by atoms with Gasteiger partial charge in [0.05, 0.1) is 23.8 Å². The van der Waals surface area contributed by atoms with E-state index in [9.17, 15) is 4.79 Å². The van der Waals surface area contributed by atoms with Gasteiger partial charge in [0.2, 0.25) is 0 Å². The molecule has 6 heteroatoms. The minimum Gasteiger partial charge on any atom is -0.459 e. The van der Waals surface area contributed by atoms with E-state index in [-0.39, 0.29) is 5.91 Å². The summed E-state index contributed by atoms with van der Waals surface area (Å²) in [7, 11) is 0. The molecule has 2 aromatic heterocycles. The predicted octanol–water partition coefficient (Wildman–Crippen LogP) is 4.37. The standard InChI is InChI=1S/C20H16BrN3O2/c21-15-9-7-14(8-10-15)13-24-17-5-2-1-4-16(17)23-19(24)12-22-20(25)18-6-3-11-26-18/h1-11H,12-13H2,(H,22,25). The van der Waals surface area contributed by atoms with Crippen molar-refractivity contribution in [2.45, 2.75) is 13.1 Å². The van der Waals surface area contributed by atoms with Crippen LogP contribution < -0.4 is 5.32 Å². The van der Waals surface area contributed by atoms with Gasteiger partial charge in [0.15, 0.2) is 5.76 Å². The SMILES string of the molecule is O=C(NCc1nc2ccccc2n1Cc1ccc(Br)cc1)c1ccco1. The summed E-state index contributed by atoms with van der Waals surface area (Å²) in [6.07, 6.45) is 1.48. The molecular formula is C20H16BrN3O2. The smallest absolute Gasteiger partial charge is 0.287 e. The van der Waals surface area contributed by atoms with Crippen molar-refractivity contribution in [3.8, 4) is 0 Å². The number of furan rings is 1. The number of nitrogens with zero attached hydrogens (tertiary/aromatic N) is 2. The number of rotatable bonds is 5. The Bertz CT molecular complexity index is 1040. The Morgan fingerprint density at radius 2 is 1.88 bits per heavy atom. The molecular weight excluding hydrogens is 394 g/mol. The van der Waals surface area contributed by atoms with Gasteiger partial charge in [-0.2, -0.15) is 0 Å². The van der Waals surface area contributed by atoms with Gasteiger partial charge >= 0.3 is 0 Å². The molecule has 130 valence electrons. The zero-order valence-corrected chi connectivity index (χ0v) is 15.4. The van der Waals surface area contributed by atoms with Gasteiger partial charge in [-0.15, -0.1) is 0 Å². The number of amides is 1. The molecule has 0 saturated heterocycles. The number of imidazole rings is 1. The first kappa shape index (κ1) is 16.6. The molecule has 0 spiro atoms. The van der Waals surface area contributed by atoms with Gasteiger partial charge in [0.25, 0.3) is 5.91 Å². The second-order valence-electron chi connectivity index (χ2n) is 5.89. The second-order valence-corrected chi connectivity index (χ2v) is 6.81. The van der Waals surface area contributed by atoms with Gasteiger partial charge in [0, 0.05) is 11.0 Å². The van der Waals surface area contributed by atoms with Crippen LogP contribution in [0.15, 0.2) is 75.8 Å². The van der Waals surface area contributed by atoms with Crippen molar-refractivity contribution in [2.75, 3.05) is 0 Å². The molecule has 4 rings (SSSR count). The Morgan fingerprint density at radius 3 is 2.65 bits per heavy atom. The Hall–Kier alpha value is -2.86. The molecule has 1 N–H and O–H groups in total. The Labute approximate surface area is 158 Å². The van der Waals surface area contributed by atoms with Crippen LogP contribution in [-0.4, -0.2) is 15.5 Å². The number of hydrogen-bond acceptors (Lipinski definition) is 3. The molecule has 0 unspecified atom stereocenters. The van der Waals surface area contributed by atoms with E-state index in [1.807, 2.05) is 36.4 Å². The Morgan fingerprint density at radius 1 is 1.08 bits per heavy atom. The van der Waals surface area contributed by atoms with Gasteiger partial charge in [0.1, 0.15) is 5.82 Å². The van der Waals surface area contributed by atoms with Gasteiger partial charge < -0.3 is 14.3 Å². The zero-order valence-electron chi connectivity index (χ0n) is 13.9. The minimum absolute atomic E-state index is 0.253. The van der Waals surface area contributed by atoms with E-state index in [1.165, 1.54) is 6.26 Å². The van der Waals surface area contributed by atoms with E-state index in [0.29, 0.717) is 18.8 Å². The first-order valence-electron chi connectivity index (χ1n) is 8.21. The molecule has 0 aliphatic heterocycles. The largest absolute Gasteiger partial charge is 0.459 e. The average molecular weight is 410 g/mol. The Balaban J connectivity index is 1.63. The van der Waals surface area contributed by atoms with E-state index >= 15 is 0 Å². The maximum Gasteiger partial charge on any atom is 0.287 e. The normalized spacial score (nSPS) is 11.0. The molecule has 2 heterocycles. The van der Waals surface area contributed by atoms with E-state index in [0.717, 1.165) is 26.9 Å². The van der Waals surface area contributed by atoms with Gasteiger partial charge in [-0.05, 0) is 42.0 Å². The van der Waals surface area contributed by atoms with Crippen LogP contribution in [0.5, 0.6) is 0 Å². The van der Waals surface area contributed by atoms with Crippen LogP contribution in [0.25, 0.3) is 11.0 Å². The van der Waals surface area contributed by atoms with Crippen LogP contribution in [0, 0.1) is 0 Å². The van der Waals surface area contributed by atoms with Crippen molar-refractivity contribution in [1.29, 1.82) is 0 Å². The van der Waals surface area contributed by atoms with Gasteiger partial charge in [-0.3, -0.25) is 4.79 Å². The zero-order chi connectivity index (χ0) is 17.9. The molecule has 5 nitrogen and oxygen atoms in total. The second kappa shape index (κ2) is 7.17. The van der Waals surface area contributed by atoms with Crippen molar-refractivity contribution in [2.24, 2.45) is 0 Å². The number of halogens is 1. The summed E-state index contributed by atoms with van der Waals surface area (Å²) in [6, 6.07) is 19.5. The number of fused-ring (bicyclic) bond motifs is 1. The lowest BCUT2D eigenvalue weighted by atomic mass is 10.2. The first-order valence-corrected chi connectivity index (χ1v) is 9.00. The molecule has 0 bridgehead atoms. The summed E-state index contributed by atoms with van der Waals surface area (Å²) in [5, 5.41) is 2.87. The summed E-state index contributed by atoms with van der Waals surface area (Å²) in [5.41, 5.74) is 3.11. The number of aromatic nitrogens is 2. The van der Waals surface area contributed by atoms with Crippen LogP contribution >= 0.6 is 15.9 Å². The average Bonchev–Trinajstić information content (AvgIpc) is 3.30.